The molecule has 0 aliphatic carbocycles. The number of hydrogen-bond donors (Lipinski definition) is 1. The summed E-state index contributed by atoms with van der Waals surface area (Å²) in [4.78, 5) is 10.5. The molecule has 0 unspecified atom stereocenters. The molecule has 112 valence electrons. The zero-order chi connectivity index (χ0) is 15.2. The number of hydrogen-bond acceptors (Lipinski definition) is 7. The minimum Gasteiger partial charge on any atom is -0.490 e. The highest BCUT2D eigenvalue weighted by Gasteiger charge is 2.22. The van der Waals surface area contributed by atoms with Crippen LogP contribution in [0.1, 0.15) is 12.3 Å². The molecule has 21 heavy (non-hydrogen) atoms. The second-order valence-corrected chi connectivity index (χ2v) is 4.32. The summed E-state index contributed by atoms with van der Waals surface area (Å²) in [7, 11) is 3.24. The van der Waals surface area contributed by atoms with Crippen LogP contribution in [0, 0.1) is 10.1 Å². The molecule has 0 spiro atoms. The summed E-state index contributed by atoms with van der Waals surface area (Å²) >= 11 is 0. The first-order valence-electron chi connectivity index (χ1n) is 6.46. The molecule has 2 rings (SSSR count). The zero-order valence-electron chi connectivity index (χ0n) is 11.8. The van der Waals surface area contributed by atoms with Crippen LogP contribution < -0.4 is 10.1 Å². The largest absolute Gasteiger partial charge is 0.490 e. The number of nitrogens with one attached hydrogen (secondary N) is 1. The van der Waals surface area contributed by atoms with Crippen LogP contribution in [0.4, 0.5) is 5.69 Å². The van der Waals surface area contributed by atoms with Crippen molar-refractivity contribution in [1.82, 2.24) is 15.5 Å². The van der Waals surface area contributed by atoms with E-state index in [2.05, 4.69) is 15.5 Å². The fraction of sp³-hybridized carbons (Fsp3) is 0.385. The van der Waals surface area contributed by atoms with Gasteiger partial charge in [-0.2, -0.15) is 0 Å². The third kappa shape index (κ3) is 3.34. The standard InChI is InChI=1S/C13H16N4O4/c1-14-8-4-7-11-15-16-13(21-11)9-5-3-6-10(17(18)19)12(9)20-2/h3,5-6,14H,4,7-8H2,1-2H3. The van der Waals surface area contributed by atoms with Crippen molar-refractivity contribution in [3.8, 4) is 17.2 Å². The minimum absolute atomic E-state index is 0.118. The van der Waals surface area contributed by atoms with E-state index in [0.717, 1.165) is 13.0 Å². The van der Waals surface area contributed by atoms with E-state index < -0.39 is 4.92 Å². The Morgan fingerprint density at radius 1 is 1.43 bits per heavy atom. The van der Waals surface area contributed by atoms with Gasteiger partial charge in [0, 0.05) is 12.5 Å². The van der Waals surface area contributed by atoms with Gasteiger partial charge in [0.1, 0.15) is 0 Å². The first kappa shape index (κ1) is 14.9. The number of rotatable bonds is 7. The average Bonchev–Trinajstić information content (AvgIpc) is 2.95. The van der Waals surface area contributed by atoms with E-state index in [0.29, 0.717) is 17.9 Å². The number of nitro benzene ring substituents is 1. The van der Waals surface area contributed by atoms with E-state index in [4.69, 9.17) is 9.15 Å². The molecule has 1 heterocycles. The molecule has 2 aromatic rings. The van der Waals surface area contributed by atoms with Gasteiger partial charge in [-0.3, -0.25) is 10.1 Å². The van der Waals surface area contributed by atoms with E-state index in [1.54, 1.807) is 12.1 Å². The number of methoxy groups -OCH3 is 1. The molecule has 0 bridgehead atoms. The fourth-order valence-corrected chi connectivity index (χ4v) is 1.93. The molecule has 1 N–H and O–H groups in total. The van der Waals surface area contributed by atoms with Gasteiger partial charge < -0.3 is 14.5 Å². The smallest absolute Gasteiger partial charge is 0.311 e. The second kappa shape index (κ2) is 6.80. The summed E-state index contributed by atoms with van der Waals surface area (Å²) in [5.41, 5.74) is 0.281. The van der Waals surface area contributed by atoms with Gasteiger partial charge >= 0.3 is 5.69 Å². The Kier molecular flexibility index (Phi) is 4.83. The summed E-state index contributed by atoms with van der Waals surface area (Å²) in [5.74, 6) is 0.830. The molecular formula is C13H16N4O4. The third-order valence-corrected chi connectivity index (χ3v) is 2.91. The molecule has 0 atom stereocenters. The maximum atomic E-state index is 11.0. The Morgan fingerprint density at radius 2 is 2.24 bits per heavy atom. The number of benzene rings is 1. The molecule has 1 aromatic carbocycles. The van der Waals surface area contributed by atoms with Crippen LogP contribution in [-0.2, 0) is 6.42 Å². The Balaban J connectivity index is 2.29. The first-order chi connectivity index (χ1) is 10.2. The van der Waals surface area contributed by atoms with Crippen molar-refractivity contribution in [2.75, 3.05) is 20.7 Å². The lowest BCUT2D eigenvalue weighted by Gasteiger charge is -2.05. The number of nitro groups is 1. The highest BCUT2D eigenvalue weighted by Crippen LogP contribution is 2.36. The number of ether oxygens (including phenoxy) is 1. The van der Waals surface area contributed by atoms with Crippen LogP contribution in [0.2, 0.25) is 0 Å². The summed E-state index contributed by atoms with van der Waals surface area (Å²) in [6.07, 6.45) is 1.51. The molecule has 0 radical (unpaired) electrons. The third-order valence-electron chi connectivity index (χ3n) is 2.91. The maximum Gasteiger partial charge on any atom is 0.311 e. The molecule has 0 amide bonds. The van der Waals surface area contributed by atoms with E-state index in [-0.39, 0.29) is 17.3 Å². The fourth-order valence-electron chi connectivity index (χ4n) is 1.93. The SMILES string of the molecule is CNCCCc1nnc(-c2cccc([N+](=O)[O-])c2OC)o1. The molecule has 8 heteroatoms. The van der Waals surface area contributed by atoms with Crippen LogP contribution in [0.25, 0.3) is 11.5 Å². The number of nitrogens with zero attached hydrogens (tertiary/aromatic N) is 3. The second-order valence-electron chi connectivity index (χ2n) is 4.32. The topological polar surface area (TPSA) is 103 Å². The maximum absolute atomic E-state index is 11.0. The lowest BCUT2D eigenvalue weighted by molar-refractivity contribution is -0.385. The van der Waals surface area contributed by atoms with Crippen LogP contribution in [0.3, 0.4) is 0 Å². The summed E-state index contributed by atoms with van der Waals surface area (Å²) in [5, 5.41) is 21.9. The van der Waals surface area contributed by atoms with Crippen molar-refractivity contribution in [1.29, 1.82) is 0 Å². The minimum atomic E-state index is -0.507. The monoisotopic (exact) mass is 292 g/mol. The van der Waals surface area contributed by atoms with E-state index in [1.807, 2.05) is 7.05 Å². The number of para-hydroxylation sites is 1. The van der Waals surface area contributed by atoms with Crippen molar-refractivity contribution in [3.05, 3.63) is 34.2 Å². The highest BCUT2D eigenvalue weighted by molar-refractivity contribution is 5.69. The lowest BCUT2D eigenvalue weighted by Crippen LogP contribution is -2.08. The van der Waals surface area contributed by atoms with Crippen molar-refractivity contribution in [2.45, 2.75) is 12.8 Å². The molecule has 0 aliphatic rings. The van der Waals surface area contributed by atoms with E-state index >= 15 is 0 Å². The summed E-state index contributed by atoms with van der Waals surface area (Å²) in [6, 6.07) is 4.57. The summed E-state index contributed by atoms with van der Waals surface area (Å²) in [6.45, 7) is 0.845. The van der Waals surface area contributed by atoms with Crippen molar-refractivity contribution in [2.24, 2.45) is 0 Å². The van der Waals surface area contributed by atoms with Gasteiger partial charge in [0.25, 0.3) is 5.89 Å². The Bertz CT molecular complexity index is 626. The Hall–Kier alpha value is -2.48. The molecule has 0 fully saturated rings. The quantitative estimate of drug-likeness (QED) is 0.471. The Labute approximate surface area is 121 Å². The van der Waals surface area contributed by atoms with Crippen molar-refractivity contribution >= 4 is 5.69 Å². The van der Waals surface area contributed by atoms with Crippen LogP contribution in [0.15, 0.2) is 22.6 Å². The summed E-state index contributed by atoms with van der Waals surface area (Å²) < 4.78 is 10.7. The Morgan fingerprint density at radius 3 is 2.90 bits per heavy atom. The molecule has 1 aromatic heterocycles. The van der Waals surface area contributed by atoms with Gasteiger partial charge in [-0.25, -0.2) is 0 Å². The van der Waals surface area contributed by atoms with Gasteiger partial charge in [-0.15, -0.1) is 10.2 Å². The van der Waals surface area contributed by atoms with Crippen molar-refractivity contribution in [3.63, 3.8) is 0 Å². The molecule has 0 saturated carbocycles. The molecule has 0 aliphatic heterocycles. The average molecular weight is 292 g/mol. The number of aryl methyl sites for hydroxylation is 1. The van der Waals surface area contributed by atoms with Crippen LogP contribution in [0.5, 0.6) is 5.75 Å². The van der Waals surface area contributed by atoms with Gasteiger partial charge in [0.2, 0.25) is 11.6 Å². The van der Waals surface area contributed by atoms with Crippen molar-refractivity contribution < 1.29 is 14.1 Å². The van der Waals surface area contributed by atoms with Crippen LogP contribution in [-0.4, -0.2) is 35.8 Å². The van der Waals surface area contributed by atoms with Gasteiger partial charge in [0.15, 0.2) is 0 Å². The zero-order valence-corrected chi connectivity index (χ0v) is 11.8. The molecule has 8 nitrogen and oxygen atoms in total. The van der Waals surface area contributed by atoms with Gasteiger partial charge in [0.05, 0.1) is 17.6 Å². The molecular weight excluding hydrogens is 276 g/mol. The lowest BCUT2D eigenvalue weighted by atomic mass is 10.1. The van der Waals surface area contributed by atoms with E-state index in [1.165, 1.54) is 13.2 Å². The highest BCUT2D eigenvalue weighted by atomic mass is 16.6. The van der Waals surface area contributed by atoms with E-state index in [9.17, 15) is 10.1 Å². The first-order valence-corrected chi connectivity index (χ1v) is 6.46. The molecule has 0 saturated heterocycles. The predicted molar refractivity (Wildman–Crippen MR) is 75.2 cm³/mol. The van der Waals surface area contributed by atoms with Crippen LogP contribution >= 0.6 is 0 Å². The normalized spacial score (nSPS) is 10.6. The van der Waals surface area contributed by atoms with Gasteiger partial charge in [-0.05, 0) is 26.1 Å². The van der Waals surface area contributed by atoms with Gasteiger partial charge in [-0.1, -0.05) is 6.07 Å². The predicted octanol–water partition coefficient (Wildman–Crippen LogP) is 1.81. The number of aromatic nitrogens is 2.